The average Bonchev–Trinajstić information content (AvgIpc) is 2.60. The first kappa shape index (κ1) is 15.8. The van der Waals surface area contributed by atoms with Gasteiger partial charge in [-0.25, -0.2) is 0 Å². The second kappa shape index (κ2) is 6.97. The molecule has 0 bridgehead atoms. The second-order valence-electron chi connectivity index (χ2n) is 5.65. The second-order valence-corrected chi connectivity index (χ2v) is 6.57. The lowest BCUT2D eigenvalue weighted by molar-refractivity contribution is 0.592. The molecule has 0 aliphatic heterocycles. The quantitative estimate of drug-likeness (QED) is 0.562. The molecule has 0 amide bonds. The summed E-state index contributed by atoms with van der Waals surface area (Å²) >= 11 is 3.47. The number of anilines is 1. The number of para-hydroxylation sites is 1. The SMILES string of the molecule is C=CC(C)C(Nc1ccc(Br)cc1)c1ccc2ccccc2n1. The van der Waals surface area contributed by atoms with Crippen molar-refractivity contribution in [3.05, 3.63) is 83.5 Å². The van der Waals surface area contributed by atoms with Gasteiger partial charge in [-0.1, -0.05) is 53.2 Å². The summed E-state index contributed by atoms with van der Waals surface area (Å²) in [4.78, 5) is 4.84. The van der Waals surface area contributed by atoms with Crippen LogP contribution in [0, 0.1) is 5.92 Å². The molecule has 116 valence electrons. The highest BCUT2D eigenvalue weighted by Gasteiger charge is 2.18. The van der Waals surface area contributed by atoms with Gasteiger partial charge in [0, 0.05) is 15.5 Å². The maximum absolute atomic E-state index is 4.84. The van der Waals surface area contributed by atoms with Crippen molar-refractivity contribution in [3.8, 4) is 0 Å². The molecule has 2 atom stereocenters. The standard InChI is InChI=1S/C20H19BrN2/c1-3-14(2)20(22-17-11-9-16(21)10-12-17)19-13-8-15-6-4-5-7-18(15)23-19/h3-14,20,22H,1H2,2H3. The van der Waals surface area contributed by atoms with Crippen LogP contribution in [0.3, 0.4) is 0 Å². The van der Waals surface area contributed by atoms with E-state index in [0.717, 1.165) is 26.8 Å². The molecule has 0 radical (unpaired) electrons. The number of hydrogen-bond acceptors (Lipinski definition) is 2. The van der Waals surface area contributed by atoms with E-state index in [0.29, 0.717) is 0 Å². The first-order chi connectivity index (χ1) is 11.2. The molecule has 0 saturated heterocycles. The fourth-order valence-corrected chi connectivity index (χ4v) is 2.86. The van der Waals surface area contributed by atoms with Crippen molar-refractivity contribution in [2.75, 3.05) is 5.32 Å². The third-order valence-electron chi connectivity index (χ3n) is 4.00. The van der Waals surface area contributed by atoms with Gasteiger partial charge < -0.3 is 5.32 Å². The number of benzene rings is 2. The molecule has 23 heavy (non-hydrogen) atoms. The topological polar surface area (TPSA) is 24.9 Å². The Bertz CT molecular complexity index is 811. The number of pyridine rings is 1. The molecule has 1 N–H and O–H groups in total. The molecule has 1 aromatic heterocycles. The molecular weight excluding hydrogens is 348 g/mol. The van der Waals surface area contributed by atoms with Gasteiger partial charge in [-0.15, -0.1) is 6.58 Å². The summed E-state index contributed by atoms with van der Waals surface area (Å²) in [6, 6.07) is 20.7. The van der Waals surface area contributed by atoms with E-state index in [1.54, 1.807) is 0 Å². The minimum absolute atomic E-state index is 0.0817. The van der Waals surface area contributed by atoms with Crippen molar-refractivity contribution in [3.63, 3.8) is 0 Å². The van der Waals surface area contributed by atoms with Crippen LogP contribution in [0.1, 0.15) is 18.7 Å². The summed E-state index contributed by atoms with van der Waals surface area (Å²) in [6.45, 7) is 6.10. The maximum atomic E-state index is 4.84. The number of nitrogens with zero attached hydrogens (tertiary/aromatic N) is 1. The molecule has 2 unspecified atom stereocenters. The van der Waals surface area contributed by atoms with Gasteiger partial charge in [-0.05, 0) is 42.3 Å². The lowest BCUT2D eigenvalue weighted by Crippen LogP contribution is -2.18. The Morgan fingerprint density at radius 2 is 1.78 bits per heavy atom. The molecule has 0 spiro atoms. The lowest BCUT2D eigenvalue weighted by Gasteiger charge is -2.24. The van der Waals surface area contributed by atoms with Crippen LogP contribution in [-0.2, 0) is 0 Å². The highest BCUT2D eigenvalue weighted by molar-refractivity contribution is 9.10. The van der Waals surface area contributed by atoms with Gasteiger partial charge >= 0.3 is 0 Å². The van der Waals surface area contributed by atoms with Crippen molar-refractivity contribution in [1.29, 1.82) is 0 Å². The Hall–Kier alpha value is -2.13. The Morgan fingerprint density at radius 3 is 2.52 bits per heavy atom. The number of hydrogen-bond donors (Lipinski definition) is 1. The first-order valence-corrected chi connectivity index (χ1v) is 8.47. The molecule has 0 saturated carbocycles. The summed E-state index contributed by atoms with van der Waals surface area (Å²) in [5.41, 5.74) is 3.12. The number of halogens is 1. The van der Waals surface area contributed by atoms with Gasteiger partial charge in [-0.3, -0.25) is 4.98 Å². The molecule has 2 nitrogen and oxygen atoms in total. The molecule has 0 aliphatic rings. The zero-order chi connectivity index (χ0) is 16.2. The molecule has 2 aromatic carbocycles. The van der Waals surface area contributed by atoms with Gasteiger partial charge in [0.05, 0.1) is 17.3 Å². The van der Waals surface area contributed by atoms with E-state index in [9.17, 15) is 0 Å². The fourth-order valence-electron chi connectivity index (χ4n) is 2.59. The number of rotatable bonds is 5. The molecule has 0 aliphatic carbocycles. The van der Waals surface area contributed by atoms with Crippen LogP contribution in [0.15, 0.2) is 77.8 Å². The van der Waals surface area contributed by atoms with E-state index >= 15 is 0 Å². The zero-order valence-corrected chi connectivity index (χ0v) is 14.6. The summed E-state index contributed by atoms with van der Waals surface area (Å²) in [6.07, 6.45) is 1.97. The fraction of sp³-hybridized carbons (Fsp3) is 0.150. The van der Waals surface area contributed by atoms with Crippen LogP contribution >= 0.6 is 15.9 Å². The Morgan fingerprint density at radius 1 is 1.04 bits per heavy atom. The smallest absolute Gasteiger partial charge is 0.0745 e. The minimum atomic E-state index is 0.0817. The van der Waals surface area contributed by atoms with E-state index in [2.05, 4.69) is 65.1 Å². The lowest BCUT2D eigenvalue weighted by atomic mass is 9.97. The first-order valence-electron chi connectivity index (χ1n) is 7.68. The van der Waals surface area contributed by atoms with Crippen LogP contribution in [-0.4, -0.2) is 4.98 Å². The highest BCUT2D eigenvalue weighted by Crippen LogP contribution is 2.28. The summed E-state index contributed by atoms with van der Waals surface area (Å²) < 4.78 is 1.07. The molecule has 3 aromatic rings. The predicted molar refractivity (Wildman–Crippen MR) is 102 cm³/mol. The average molecular weight is 367 g/mol. The molecule has 3 rings (SSSR count). The summed E-state index contributed by atoms with van der Waals surface area (Å²) in [5, 5.41) is 4.74. The monoisotopic (exact) mass is 366 g/mol. The summed E-state index contributed by atoms with van der Waals surface area (Å²) in [5.74, 6) is 0.257. The number of nitrogens with one attached hydrogen (secondary N) is 1. The third-order valence-corrected chi connectivity index (χ3v) is 4.53. The van der Waals surface area contributed by atoms with Gasteiger partial charge in [0.25, 0.3) is 0 Å². The van der Waals surface area contributed by atoms with Gasteiger partial charge in [0.2, 0.25) is 0 Å². The highest BCUT2D eigenvalue weighted by atomic mass is 79.9. The zero-order valence-electron chi connectivity index (χ0n) is 13.0. The molecule has 3 heteroatoms. The van der Waals surface area contributed by atoms with Crippen molar-refractivity contribution >= 4 is 32.5 Å². The van der Waals surface area contributed by atoms with E-state index in [1.165, 1.54) is 0 Å². The number of aromatic nitrogens is 1. The van der Waals surface area contributed by atoms with Gasteiger partial charge in [-0.2, -0.15) is 0 Å². The molecular formula is C20H19BrN2. The van der Waals surface area contributed by atoms with Crippen molar-refractivity contribution in [2.24, 2.45) is 5.92 Å². The maximum Gasteiger partial charge on any atom is 0.0745 e. The third kappa shape index (κ3) is 3.62. The van der Waals surface area contributed by atoms with Crippen molar-refractivity contribution in [2.45, 2.75) is 13.0 Å². The Labute approximate surface area is 145 Å². The molecule has 0 fully saturated rings. The van der Waals surface area contributed by atoms with Crippen LogP contribution in [0.25, 0.3) is 10.9 Å². The van der Waals surface area contributed by atoms with E-state index in [-0.39, 0.29) is 12.0 Å². The van der Waals surface area contributed by atoms with Crippen molar-refractivity contribution < 1.29 is 0 Å². The number of fused-ring (bicyclic) bond motifs is 1. The minimum Gasteiger partial charge on any atom is -0.376 e. The molecule has 1 heterocycles. The Kier molecular flexibility index (Phi) is 4.77. The van der Waals surface area contributed by atoms with Gasteiger partial charge in [0.1, 0.15) is 0 Å². The van der Waals surface area contributed by atoms with Crippen LogP contribution in [0.2, 0.25) is 0 Å². The predicted octanol–water partition coefficient (Wildman–Crippen LogP) is 5.97. The summed E-state index contributed by atoms with van der Waals surface area (Å²) in [7, 11) is 0. The van der Waals surface area contributed by atoms with Crippen LogP contribution < -0.4 is 5.32 Å². The van der Waals surface area contributed by atoms with Crippen LogP contribution in [0.4, 0.5) is 5.69 Å². The van der Waals surface area contributed by atoms with E-state index < -0.39 is 0 Å². The van der Waals surface area contributed by atoms with E-state index in [4.69, 9.17) is 4.98 Å². The normalized spacial score (nSPS) is 13.5. The van der Waals surface area contributed by atoms with E-state index in [1.807, 2.05) is 36.4 Å². The largest absolute Gasteiger partial charge is 0.376 e. The Balaban J connectivity index is 1.96. The van der Waals surface area contributed by atoms with Gasteiger partial charge in [0.15, 0.2) is 0 Å². The van der Waals surface area contributed by atoms with Crippen LogP contribution in [0.5, 0.6) is 0 Å². The van der Waals surface area contributed by atoms with Crippen molar-refractivity contribution in [1.82, 2.24) is 4.98 Å².